The largest absolute Gasteiger partial charge is 0.478 e. The fourth-order valence-electron chi connectivity index (χ4n) is 4.56. The number of aromatic nitrogens is 2. The maximum absolute atomic E-state index is 10.9. The zero-order chi connectivity index (χ0) is 23.4. The van der Waals surface area contributed by atoms with Crippen LogP contribution < -0.4 is 5.73 Å². The van der Waals surface area contributed by atoms with Crippen molar-refractivity contribution < 1.29 is 9.90 Å². The maximum atomic E-state index is 10.9. The van der Waals surface area contributed by atoms with E-state index in [1.807, 2.05) is 22.7 Å². The van der Waals surface area contributed by atoms with Crippen molar-refractivity contribution in [3.05, 3.63) is 101 Å². The summed E-state index contributed by atoms with van der Waals surface area (Å²) in [6.07, 6.45) is 21.5. The van der Waals surface area contributed by atoms with E-state index in [2.05, 4.69) is 42.4 Å². The van der Waals surface area contributed by atoms with Gasteiger partial charge in [-0.05, 0) is 77.8 Å². The lowest BCUT2D eigenvalue weighted by Gasteiger charge is -2.28. The lowest BCUT2D eigenvalue weighted by atomic mass is 9.77. The standard InChI is InChI=1S/C27H28N4O2/c1-2-23(21-9-11-25-30-13-14-31(25)17-21)27(20-8-10-24(29)22(15-20)16-28)19-6-3-18(4-7-19)5-12-26(32)33/h3-6,9,11-17,19,28H,2,7-8,10,29H2,1H3,(H,32,33)/b12-5+,27-23+,28-16?. The summed E-state index contributed by atoms with van der Waals surface area (Å²) in [5.74, 6) is -0.802. The fourth-order valence-corrected chi connectivity index (χ4v) is 4.56. The summed E-state index contributed by atoms with van der Waals surface area (Å²) >= 11 is 0. The van der Waals surface area contributed by atoms with Crippen LogP contribution in [0.2, 0.25) is 0 Å². The molecule has 2 heterocycles. The van der Waals surface area contributed by atoms with Gasteiger partial charge in [0.05, 0.1) is 0 Å². The van der Waals surface area contributed by atoms with Crippen LogP contribution in [0.4, 0.5) is 0 Å². The molecule has 0 radical (unpaired) electrons. The number of carbonyl (C=O) groups is 1. The van der Waals surface area contributed by atoms with Crippen LogP contribution in [0, 0.1) is 11.3 Å². The number of hydrogen-bond acceptors (Lipinski definition) is 4. The Morgan fingerprint density at radius 3 is 2.91 bits per heavy atom. The Balaban J connectivity index is 1.82. The lowest BCUT2D eigenvalue weighted by Crippen LogP contribution is -2.14. The Labute approximate surface area is 193 Å². The van der Waals surface area contributed by atoms with Crippen molar-refractivity contribution in [3.63, 3.8) is 0 Å². The monoisotopic (exact) mass is 440 g/mol. The van der Waals surface area contributed by atoms with Crippen LogP contribution in [0.3, 0.4) is 0 Å². The molecule has 0 aliphatic heterocycles. The van der Waals surface area contributed by atoms with E-state index in [1.165, 1.54) is 29.0 Å². The van der Waals surface area contributed by atoms with Crippen LogP contribution in [0.25, 0.3) is 11.2 Å². The zero-order valence-corrected chi connectivity index (χ0v) is 18.7. The quantitative estimate of drug-likeness (QED) is 0.405. The number of rotatable bonds is 7. The van der Waals surface area contributed by atoms with Crippen molar-refractivity contribution in [2.75, 3.05) is 0 Å². The highest BCUT2D eigenvalue weighted by Crippen LogP contribution is 2.40. The molecule has 2 aromatic rings. The van der Waals surface area contributed by atoms with Gasteiger partial charge >= 0.3 is 5.97 Å². The first-order chi connectivity index (χ1) is 16.0. The van der Waals surface area contributed by atoms with E-state index in [4.69, 9.17) is 16.2 Å². The smallest absolute Gasteiger partial charge is 0.328 e. The highest BCUT2D eigenvalue weighted by Gasteiger charge is 2.24. The van der Waals surface area contributed by atoms with Gasteiger partial charge in [0.15, 0.2) is 0 Å². The van der Waals surface area contributed by atoms with Crippen LogP contribution in [-0.4, -0.2) is 26.7 Å². The average molecular weight is 441 g/mol. The minimum atomic E-state index is -0.953. The van der Waals surface area contributed by atoms with E-state index >= 15 is 0 Å². The first-order valence-electron chi connectivity index (χ1n) is 11.2. The van der Waals surface area contributed by atoms with Crippen molar-refractivity contribution in [2.24, 2.45) is 11.7 Å². The molecule has 0 fully saturated rings. The van der Waals surface area contributed by atoms with Gasteiger partial charge in [-0.2, -0.15) is 0 Å². The third kappa shape index (κ3) is 4.80. The summed E-state index contributed by atoms with van der Waals surface area (Å²) in [7, 11) is 0. The fraction of sp³-hybridized carbons (Fsp3) is 0.222. The van der Waals surface area contributed by atoms with Crippen molar-refractivity contribution in [3.8, 4) is 0 Å². The SMILES string of the molecule is CC/C(=C(\C1=CC(C=N)=C(N)CC1)C1C=CC(/C=C/C(=O)O)=CC1)c1ccc2nccn2c1. The number of nitrogens with zero attached hydrogens (tertiary/aromatic N) is 2. The number of fused-ring (bicyclic) bond motifs is 1. The van der Waals surface area contributed by atoms with Crippen LogP contribution in [0.5, 0.6) is 0 Å². The molecular weight excluding hydrogens is 412 g/mol. The van der Waals surface area contributed by atoms with E-state index in [9.17, 15) is 4.79 Å². The molecule has 0 bridgehead atoms. The van der Waals surface area contributed by atoms with Gasteiger partial charge in [0, 0.05) is 48.1 Å². The molecule has 0 amide bonds. The van der Waals surface area contributed by atoms with Gasteiger partial charge in [-0.1, -0.05) is 25.2 Å². The highest BCUT2D eigenvalue weighted by molar-refractivity contribution is 5.84. The van der Waals surface area contributed by atoms with Gasteiger partial charge in [0.2, 0.25) is 0 Å². The number of carboxylic acid groups (broad SMARTS) is 1. The predicted octanol–water partition coefficient (Wildman–Crippen LogP) is 5.22. The predicted molar refractivity (Wildman–Crippen MR) is 132 cm³/mol. The minimum Gasteiger partial charge on any atom is -0.478 e. The molecule has 168 valence electrons. The summed E-state index contributed by atoms with van der Waals surface area (Å²) in [5.41, 5.74) is 14.4. The number of pyridine rings is 1. The summed E-state index contributed by atoms with van der Waals surface area (Å²) < 4.78 is 2.03. The molecule has 6 heteroatoms. The first-order valence-corrected chi connectivity index (χ1v) is 11.2. The second kappa shape index (κ2) is 9.69. The van der Waals surface area contributed by atoms with Crippen molar-refractivity contribution >= 4 is 23.4 Å². The average Bonchev–Trinajstić information content (AvgIpc) is 3.30. The molecule has 33 heavy (non-hydrogen) atoms. The maximum Gasteiger partial charge on any atom is 0.328 e. The van der Waals surface area contributed by atoms with Crippen LogP contribution >= 0.6 is 0 Å². The van der Waals surface area contributed by atoms with E-state index in [0.29, 0.717) is 0 Å². The van der Waals surface area contributed by atoms with E-state index in [-0.39, 0.29) is 5.92 Å². The summed E-state index contributed by atoms with van der Waals surface area (Å²) in [6.45, 7) is 2.17. The molecule has 4 rings (SSSR count). The van der Waals surface area contributed by atoms with E-state index < -0.39 is 5.97 Å². The number of carboxylic acids is 1. The van der Waals surface area contributed by atoms with Crippen molar-refractivity contribution in [1.29, 1.82) is 5.41 Å². The molecule has 6 nitrogen and oxygen atoms in total. The van der Waals surface area contributed by atoms with E-state index in [0.717, 1.165) is 53.7 Å². The topological polar surface area (TPSA) is 104 Å². The molecule has 0 aromatic carbocycles. The Kier molecular flexibility index (Phi) is 6.54. The van der Waals surface area contributed by atoms with Crippen molar-refractivity contribution in [2.45, 2.75) is 32.6 Å². The molecule has 2 aliphatic carbocycles. The normalized spacial score (nSPS) is 19.5. The van der Waals surface area contributed by atoms with Gasteiger partial charge in [0.25, 0.3) is 0 Å². The molecule has 2 aromatic heterocycles. The molecule has 1 unspecified atom stereocenters. The van der Waals surface area contributed by atoms with Gasteiger partial charge < -0.3 is 20.7 Å². The van der Waals surface area contributed by atoms with Crippen molar-refractivity contribution in [1.82, 2.24) is 9.38 Å². The van der Waals surface area contributed by atoms with E-state index in [1.54, 1.807) is 12.3 Å². The van der Waals surface area contributed by atoms with Gasteiger partial charge in [-0.3, -0.25) is 0 Å². The Bertz CT molecular complexity index is 1280. The highest BCUT2D eigenvalue weighted by atomic mass is 16.4. The van der Waals surface area contributed by atoms with Gasteiger partial charge in [0.1, 0.15) is 5.65 Å². The Hall–Kier alpha value is -3.93. The molecule has 0 saturated carbocycles. The molecule has 1 atom stereocenters. The van der Waals surface area contributed by atoms with Crippen LogP contribution in [-0.2, 0) is 4.79 Å². The van der Waals surface area contributed by atoms with Gasteiger partial charge in [-0.15, -0.1) is 0 Å². The second-order valence-electron chi connectivity index (χ2n) is 8.23. The number of nitrogens with two attached hydrogens (primary N) is 1. The molecular formula is C27H28N4O2. The molecule has 0 spiro atoms. The second-order valence-corrected chi connectivity index (χ2v) is 8.23. The number of aliphatic carboxylic acids is 1. The first kappa shape index (κ1) is 22.3. The summed E-state index contributed by atoms with van der Waals surface area (Å²) in [6, 6.07) is 4.15. The number of imidazole rings is 1. The minimum absolute atomic E-state index is 0.151. The molecule has 2 aliphatic rings. The number of nitrogens with one attached hydrogen (secondary N) is 1. The third-order valence-electron chi connectivity index (χ3n) is 6.20. The summed E-state index contributed by atoms with van der Waals surface area (Å²) in [5, 5.41) is 16.7. The lowest BCUT2D eigenvalue weighted by molar-refractivity contribution is -0.131. The van der Waals surface area contributed by atoms with Crippen LogP contribution in [0.1, 0.15) is 38.2 Å². The molecule has 4 N–H and O–H groups in total. The van der Waals surface area contributed by atoms with Crippen LogP contribution in [0.15, 0.2) is 95.2 Å². The number of hydrogen-bond donors (Lipinski definition) is 3. The Morgan fingerprint density at radius 1 is 1.36 bits per heavy atom. The Morgan fingerprint density at radius 2 is 2.21 bits per heavy atom. The summed E-state index contributed by atoms with van der Waals surface area (Å²) in [4.78, 5) is 15.2. The third-order valence-corrected chi connectivity index (χ3v) is 6.20. The van der Waals surface area contributed by atoms with Gasteiger partial charge in [-0.25, -0.2) is 9.78 Å². The molecule has 0 saturated heterocycles. The number of allylic oxidation sites excluding steroid dienone is 11. The zero-order valence-electron chi connectivity index (χ0n) is 18.7.